The van der Waals surface area contributed by atoms with E-state index in [4.69, 9.17) is 31.5 Å². The van der Waals surface area contributed by atoms with Crippen LogP contribution in [0.2, 0.25) is 0 Å². The maximum atomic E-state index is 12.6. The smallest absolute Gasteiger partial charge is 0.220 e. The van der Waals surface area contributed by atoms with E-state index in [0.717, 1.165) is 19.3 Å². The molecule has 1 aliphatic heterocycles. The fourth-order valence-electron chi connectivity index (χ4n) is 5.27. The number of carbonyl (C=O) groups excluding carboxylic acids is 1. The lowest BCUT2D eigenvalue weighted by Gasteiger charge is -2.23. The minimum Gasteiger partial charge on any atom is -0.382 e. The molecule has 1 aliphatic rings. The van der Waals surface area contributed by atoms with Crippen molar-refractivity contribution >= 4 is 41.8 Å². The molecule has 2 aromatic heterocycles. The molecule has 1 saturated heterocycles. The number of methoxy groups -OCH3 is 1. The number of nitrogens with zero attached hydrogens (tertiary/aromatic N) is 4. The number of aromatic nitrogens is 4. The third kappa shape index (κ3) is 9.99. The maximum absolute atomic E-state index is 12.6. The molecule has 1 fully saturated rings. The summed E-state index contributed by atoms with van der Waals surface area (Å²) in [7, 11) is -0.935. The van der Waals surface area contributed by atoms with Gasteiger partial charge in [0.05, 0.1) is 6.33 Å². The van der Waals surface area contributed by atoms with Gasteiger partial charge in [0.15, 0.2) is 24.8 Å². The Morgan fingerprint density at radius 3 is 2.27 bits per heavy atom. The molecule has 0 aliphatic carbocycles. The number of carbonyl (C=O) groups is 1. The number of anilines is 1. The lowest BCUT2D eigenvalue weighted by atomic mass is 10.0. The van der Waals surface area contributed by atoms with Gasteiger partial charge in [0.25, 0.3) is 0 Å². The van der Waals surface area contributed by atoms with Crippen LogP contribution < -0.4 is 11.1 Å². The van der Waals surface area contributed by atoms with Crippen molar-refractivity contribution < 1.29 is 23.7 Å². The quantitative estimate of drug-likeness (QED) is 0.143. The summed E-state index contributed by atoms with van der Waals surface area (Å²) < 4.78 is 19.3. The zero-order valence-electron chi connectivity index (χ0n) is 23.9. The number of hydrogen-bond donors (Lipinski definition) is 3. The maximum Gasteiger partial charge on any atom is 0.220 e. The van der Waals surface area contributed by atoms with Gasteiger partial charge in [0.2, 0.25) is 5.91 Å². The van der Waals surface area contributed by atoms with Crippen molar-refractivity contribution in [1.82, 2.24) is 24.8 Å². The lowest BCUT2D eigenvalue weighted by Crippen LogP contribution is -2.41. The number of imidazole rings is 1. The predicted molar refractivity (Wildman–Crippen MR) is 161 cm³/mol. The molecule has 0 aromatic carbocycles. The molecule has 0 spiro atoms. The molecule has 0 saturated carbocycles. The summed E-state index contributed by atoms with van der Waals surface area (Å²) in [5.41, 5.74) is 6.86. The summed E-state index contributed by atoms with van der Waals surface area (Å²) >= 11 is 4.96. The topological polar surface area (TPSA) is 147 Å². The zero-order valence-corrected chi connectivity index (χ0v) is 25.7. The molecule has 40 heavy (non-hydrogen) atoms. The van der Waals surface area contributed by atoms with Crippen LogP contribution >= 0.6 is 7.15 Å². The van der Waals surface area contributed by atoms with E-state index < -0.39 is 31.7 Å². The highest BCUT2D eigenvalue weighted by Crippen LogP contribution is 2.38. The number of nitrogens with one attached hydrogen (secondary N) is 1. The summed E-state index contributed by atoms with van der Waals surface area (Å²) in [6.07, 6.45) is 17.2. The first-order valence-corrected chi connectivity index (χ1v) is 17.2. The second-order valence-electron chi connectivity index (χ2n) is 10.5. The number of ether oxygens (including phenoxy) is 2. The summed E-state index contributed by atoms with van der Waals surface area (Å²) in [5.74, 6) is 0.219. The van der Waals surface area contributed by atoms with Crippen molar-refractivity contribution in [3.63, 3.8) is 0 Å². The van der Waals surface area contributed by atoms with Gasteiger partial charge in [0.1, 0.15) is 30.2 Å². The Morgan fingerprint density at radius 1 is 1.05 bits per heavy atom. The Hall–Kier alpha value is -1.69. The molecular formula is C27H47N6O5PS. The van der Waals surface area contributed by atoms with Crippen molar-refractivity contribution in [2.45, 2.75) is 121 Å². The Labute approximate surface area is 243 Å². The molecule has 2 aromatic rings. The van der Waals surface area contributed by atoms with Crippen molar-refractivity contribution in [1.29, 1.82) is 0 Å². The minimum absolute atomic E-state index is 0.0377. The van der Waals surface area contributed by atoms with Gasteiger partial charge in [-0.25, -0.2) is 15.0 Å². The van der Waals surface area contributed by atoms with Gasteiger partial charge in [-0.15, -0.1) is 0 Å². The zero-order chi connectivity index (χ0) is 28.7. The molecule has 3 rings (SSSR count). The number of rotatable bonds is 20. The molecule has 1 amide bonds. The molecule has 13 heteroatoms. The number of hydrogen-bond acceptors (Lipinski definition) is 9. The highest BCUT2D eigenvalue weighted by Gasteiger charge is 2.47. The van der Waals surface area contributed by atoms with Gasteiger partial charge >= 0.3 is 0 Å². The Balaban J connectivity index is 1.39. The van der Waals surface area contributed by atoms with Gasteiger partial charge in [-0.2, -0.15) is 0 Å². The molecular weight excluding hydrogens is 551 g/mol. The third-order valence-corrected chi connectivity index (χ3v) is 8.23. The van der Waals surface area contributed by atoms with Crippen molar-refractivity contribution in [3.8, 4) is 0 Å². The molecule has 0 bridgehead atoms. The Bertz CT molecular complexity index is 1060. The van der Waals surface area contributed by atoms with E-state index in [9.17, 15) is 9.69 Å². The molecule has 3 heterocycles. The lowest BCUT2D eigenvalue weighted by molar-refractivity contribution is -0.122. The number of fused-ring (bicyclic) bond motifs is 1. The van der Waals surface area contributed by atoms with Crippen LogP contribution in [0.5, 0.6) is 0 Å². The van der Waals surface area contributed by atoms with Gasteiger partial charge < -0.3 is 29.9 Å². The van der Waals surface area contributed by atoms with E-state index in [1.807, 2.05) is 0 Å². The first kappa shape index (κ1) is 32.8. The monoisotopic (exact) mass is 598 g/mol. The average molecular weight is 599 g/mol. The van der Waals surface area contributed by atoms with Crippen LogP contribution in [0.4, 0.5) is 5.82 Å². The van der Waals surface area contributed by atoms with Crippen LogP contribution in [0.15, 0.2) is 12.7 Å². The normalized spacial score (nSPS) is 21.7. The number of amides is 1. The highest BCUT2D eigenvalue weighted by atomic mass is 32.4. The Kier molecular flexibility index (Phi) is 14.7. The van der Waals surface area contributed by atoms with Crippen LogP contribution in [0.1, 0.15) is 103 Å². The number of nitrogen functional groups attached to an aromatic ring is 1. The predicted octanol–water partition coefficient (Wildman–Crippen LogP) is 4.80. The van der Waals surface area contributed by atoms with Crippen molar-refractivity contribution in [2.24, 2.45) is 0 Å². The molecule has 4 N–H and O–H groups in total. The van der Waals surface area contributed by atoms with E-state index in [1.165, 1.54) is 77.6 Å². The van der Waals surface area contributed by atoms with Crippen LogP contribution in [0.25, 0.3) is 11.2 Å². The largest absolute Gasteiger partial charge is 0.382 e. The van der Waals surface area contributed by atoms with Crippen LogP contribution in [-0.4, -0.2) is 62.3 Å². The molecule has 3 unspecified atom stereocenters. The number of nitrogens with two attached hydrogens (primary N) is 1. The highest BCUT2D eigenvalue weighted by molar-refractivity contribution is 8.00. The SMILES string of the molecule is CCCCCCCCCCCCCCCC(=O)NC[C@H]1O[C@@H](n2cnc3c(N)ncnc32)C(OC)C1O[PH](O)=S. The van der Waals surface area contributed by atoms with E-state index in [2.05, 4.69) is 27.2 Å². The first-order chi connectivity index (χ1) is 19.5. The Morgan fingerprint density at radius 2 is 1.68 bits per heavy atom. The first-order valence-electron chi connectivity index (χ1n) is 14.7. The van der Waals surface area contributed by atoms with Crippen LogP contribution in [0.3, 0.4) is 0 Å². The summed E-state index contributed by atoms with van der Waals surface area (Å²) in [4.78, 5) is 35.0. The molecule has 5 atom stereocenters. The van der Waals surface area contributed by atoms with E-state index in [1.54, 1.807) is 10.9 Å². The van der Waals surface area contributed by atoms with Crippen LogP contribution in [0, 0.1) is 0 Å². The summed E-state index contributed by atoms with van der Waals surface area (Å²) in [6, 6.07) is 0. The second-order valence-corrected chi connectivity index (χ2v) is 12.3. The average Bonchev–Trinajstić information content (AvgIpc) is 3.51. The van der Waals surface area contributed by atoms with Gasteiger partial charge in [-0.05, 0) is 18.2 Å². The second kappa shape index (κ2) is 18.0. The fourth-order valence-corrected chi connectivity index (χ4v) is 6.12. The standard InChI is InChI=1S/C27H47N6O5PS/c1-3-4-5-6-7-8-9-10-11-12-13-14-15-16-21(34)29-17-20-23(38-39(35)40)24(36-2)27(37-20)33-19-32-22-25(28)30-18-31-26(22)33/h18-20,23-24,27,39H,3-17H2,1-2H3,(H,29,34)(H,35,40)(H2,28,30,31)/t20-,23?,24?,27-/m1/s1. The van der Waals surface area contributed by atoms with Crippen LogP contribution in [-0.2, 0) is 30.6 Å². The summed E-state index contributed by atoms with van der Waals surface area (Å²) in [5, 5.41) is 2.95. The van der Waals surface area contributed by atoms with Crippen molar-refractivity contribution in [3.05, 3.63) is 12.7 Å². The minimum atomic E-state index is -2.47. The van der Waals surface area contributed by atoms with E-state index in [-0.39, 0.29) is 18.3 Å². The molecule has 11 nitrogen and oxygen atoms in total. The van der Waals surface area contributed by atoms with Gasteiger partial charge in [-0.3, -0.25) is 9.36 Å². The van der Waals surface area contributed by atoms with Gasteiger partial charge in [-0.1, -0.05) is 84.0 Å². The van der Waals surface area contributed by atoms with E-state index in [0.29, 0.717) is 17.6 Å². The fraction of sp³-hybridized carbons (Fsp3) is 0.778. The van der Waals surface area contributed by atoms with E-state index >= 15 is 0 Å². The molecule has 0 radical (unpaired) electrons. The third-order valence-electron chi connectivity index (χ3n) is 7.46. The number of unbranched alkanes of at least 4 members (excludes halogenated alkanes) is 12. The summed E-state index contributed by atoms with van der Waals surface area (Å²) in [6.45, 7) is 2.46. The molecule has 226 valence electrons. The van der Waals surface area contributed by atoms with Crippen molar-refractivity contribution in [2.75, 3.05) is 19.4 Å². The van der Waals surface area contributed by atoms with Gasteiger partial charge in [0, 0.05) is 20.1 Å².